The first-order valence-corrected chi connectivity index (χ1v) is 9.02. The molecule has 0 aromatic heterocycles. The summed E-state index contributed by atoms with van der Waals surface area (Å²) in [4.78, 5) is 14.5. The minimum atomic E-state index is -0.0993. The molecule has 1 atom stereocenters. The van der Waals surface area contributed by atoms with Gasteiger partial charge in [0.2, 0.25) is 5.91 Å². The minimum Gasteiger partial charge on any atom is -0.371 e. The normalized spacial score (nSPS) is 18.1. The van der Waals surface area contributed by atoms with Crippen LogP contribution >= 0.6 is 23.2 Å². The Labute approximate surface area is 157 Å². The van der Waals surface area contributed by atoms with Crippen molar-refractivity contribution >= 4 is 34.8 Å². The topological polar surface area (TPSA) is 41.6 Å². The van der Waals surface area contributed by atoms with Crippen LogP contribution in [0.2, 0.25) is 10.0 Å². The molecule has 1 fully saturated rings. The van der Waals surface area contributed by atoms with Crippen LogP contribution < -0.4 is 5.32 Å². The average molecular weight is 379 g/mol. The van der Waals surface area contributed by atoms with Crippen LogP contribution in [0.25, 0.3) is 0 Å². The van der Waals surface area contributed by atoms with Crippen LogP contribution in [0.1, 0.15) is 18.1 Å². The van der Waals surface area contributed by atoms with E-state index >= 15 is 0 Å². The zero-order valence-electron chi connectivity index (χ0n) is 13.8. The molecule has 6 heteroatoms. The van der Waals surface area contributed by atoms with Gasteiger partial charge in [-0.2, -0.15) is 0 Å². The van der Waals surface area contributed by atoms with Gasteiger partial charge in [0.1, 0.15) is 0 Å². The van der Waals surface area contributed by atoms with Gasteiger partial charge in [0, 0.05) is 26.1 Å². The number of anilines is 1. The number of hydrogen-bond donors (Lipinski definition) is 1. The fourth-order valence-corrected chi connectivity index (χ4v) is 3.35. The average Bonchev–Trinajstić information content (AvgIpc) is 2.64. The molecule has 1 heterocycles. The zero-order valence-corrected chi connectivity index (χ0v) is 15.3. The van der Waals surface area contributed by atoms with Gasteiger partial charge in [-0.25, -0.2) is 0 Å². The quantitative estimate of drug-likeness (QED) is 0.838. The standard InChI is InChI=1S/C19H20Cl2N2O2/c20-15-7-4-8-16(21)19(15)22-18(24)9-10-23-11-12-25-17(13-23)14-5-2-1-3-6-14/h1-8,17H,9-13H2,(H,22,24)/t17-/m0/s1. The number of ether oxygens (including phenoxy) is 1. The van der Waals surface area contributed by atoms with Crippen molar-refractivity contribution in [3.63, 3.8) is 0 Å². The molecule has 0 saturated carbocycles. The highest BCUT2D eigenvalue weighted by atomic mass is 35.5. The fourth-order valence-electron chi connectivity index (χ4n) is 2.85. The summed E-state index contributed by atoms with van der Waals surface area (Å²) in [5.41, 5.74) is 1.64. The van der Waals surface area contributed by atoms with Crippen LogP contribution in [0.3, 0.4) is 0 Å². The molecule has 1 saturated heterocycles. The van der Waals surface area contributed by atoms with Gasteiger partial charge < -0.3 is 10.1 Å². The molecule has 0 unspecified atom stereocenters. The number of amides is 1. The largest absolute Gasteiger partial charge is 0.371 e. The van der Waals surface area contributed by atoms with E-state index in [1.54, 1.807) is 18.2 Å². The van der Waals surface area contributed by atoms with E-state index in [2.05, 4.69) is 22.3 Å². The van der Waals surface area contributed by atoms with E-state index in [1.165, 1.54) is 5.56 Å². The molecule has 2 aromatic carbocycles. The van der Waals surface area contributed by atoms with Gasteiger partial charge >= 0.3 is 0 Å². The molecule has 2 aromatic rings. The maximum atomic E-state index is 12.2. The van der Waals surface area contributed by atoms with Gasteiger partial charge in [0.15, 0.2) is 0 Å². The summed E-state index contributed by atoms with van der Waals surface area (Å²) in [6.07, 6.45) is 0.430. The molecule has 1 amide bonds. The highest BCUT2D eigenvalue weighted by Crippen LogP contribution is 2.30. The smallest absolute Gasteiger partial charge is 0.225 e. The molecule has 132 valence electrons. The number of morpholine rings is 1. The third-order valence-electron chi connectivity index (χ3n) is 4.20. The summed E-state index contributed by atoms with van der Waals surface area (Å²) in [5.74, 6) is -0.0993. The third-order valence-corrected chi connectivity index (χ3v) is 4.83. The molecule has 3 rings (SSSR count). The van der Waals surface area contributed by atoms with Crippen molar-refractivity contribution in [2.45, 2.75) is 12.5 Å². The van der Waals surface area contributed by atoms with Crippen LogP contribution in [0, 0.1) is 0 Å². The van der Waals surface area contributed by atoms with Gasteiger partial charge in [0.05, 0.1) is 28.4 Å². The van der Waals surface area contributed by atoms with Crippen molar-refractivity contribution in [2.24, 2.45) is 0 Å². The molecule has 4 nitrogen and oxygen atoms in total. The number of benzene rings is 2. The first kappa shape index (κ1) is 18.2. The van der Waals surface area contributed by atoms with Gasteiger partial charge in [0.25, 0.3) is 0 Å². The number of rotatable bonds is 5. The number of halogens is 2. The maximum absolute atomic E-state index is 12.2. The summed E-state index contributed by atoms with van der Waals surface area (Å²) in [5, 5.41) is 3.68. The predicted octanol–water partition coefficient (Wildman–Crippen LogP) is 4.40. The lowest BCUT2D eigenvalue weighted by Crippen LogP contribution is -2.39. The lowest BCUT2D eigenvalue weighted by Gasteiger charge is -2.33. The van der Waals surface area contributed by atoms with E-state index in [-0.39, 0.29) is 12.0 Å². The Morgan fingerprint density at radius 2 is 1.84 bits per heavy atom. The molecular formula is C19H20Cl2N2O2. The van der Waals surface area contributed by atoms with Crippen molar-refractivity contribution < 1.29 is 9.53 Å². The van der Waals surface area contributed by atoms with Gasteiger partial charge in [-0.15, -0.1) is 0 Å². The zero-order chi connectivity index (χ0) is 17.6. The fraction of sp³-hybridized carbons (Fsp3) is 0.316. The van der Waals surface area contributed by atoms with Crippen molar-refractivity contribution in [3.8, 4) is 0 Å². The highest BCUT2D eigenvalue weighted by molar-refractivity contribution is 6.39. The van der Waals surface area contributed by atoms with E-state index < -0.39 is 0 Å². The van der Waals surface area contributed by atoms with Crippen LogP contribution in [0.15, 0.2) is 48.5 Å². The number of hydrogen-bond acceptors (Lipinski definition) is 3. The van der Waals surface area contributed by atoms with E-state index in [9.17, 15) is 4.79 Å². The number of nitrogens with one attached hydrogen (secondary N) is 1. The lowest BCUT2D eigenvalue weighted by atomic mass is 10.1. The third kappa shape index (κ3) is 4.95. The second-order valence-corrected chi connectivity index (χ2v) is 6.78. The summed E-state index contributed by atoms with van der Waals surface area (Å²) >= 11 is 12.2. The Bertz CT molecular complexity index is 704. The van der Waals surface area contributed by atoms with E-state index in [0.29, 0.717) is 35.3 Å². The highest BCUT2D eigenvalue weighted by Gasteiger charge is 2.22. The first-order chi connectivity index (χ1) is 12.1. The summed E-state index contributed by atoms with van der Waals surface area (Å²) in [7, 11) is 0. The predicted molar refractivity (Wildman–Crippen MR) is 101 cm³/mol. The molecule has 0 bridgehead atoms. The van der Waals surface area contributed by atoms with Crippen molar-refractivity contribution in [3.05, 3.63) is 64.1 Å². The van der Waals surface area contributed by atoms with Gasteiger partial charge in [-0.05, 0) is 17.7 Å². The molecule has 0 radical (unpaired) electrons. The number of para-hydroxylation sites is 1. The molecular weight excluding hydrogens is 359 g/mol. The maximum Gasteiger partial charge on any atom is 0.225 e. The second-order valence-electron chi connectivity index (χ2n) is 5.97. The number of carbonyl (C=O) groups excluding carboxylic acids is 1. The van der Waals surface area contributed by atoms with Gasteiger partial charge in [-0.1, -0.05) is 59.6 Å². The minimum absolute atomic E-state index is 0.0519. The number of carbonyl (C=O) groups is 1. The molecule has 1 N–H and O–H groups in total. The molecule has 25 heavy (non-hydrogen) atoms. The van der Waals surface area contributed by atoms with Crippen molar-refractivity contribution in [1.29, 1.82) is 0 Å². The van der Waals surface area contributed by atoms with Crippen LogP contribution in [0.4, 0.5) is 5.69 Å². The molecule has 0 aliphatic carbocycles. The number of nitrogens with zero attached hydrogens (tertiary/aromatic N) is 1. The molecule has 1 aliphatic heterocycles. The Balaban J connectivity index is 1.52. The molecule has 0 spiro atoms. The van der Waals surface area contributed by atoms with E-state index in [4.69, 9.17) is 27.9 Å². The Morgan fingerprint density at radius 3 is 2.56 bits per heavy atom. The van der Waals surface area contributed by atoms with E-state index in [1.807, 2.05) is 18.2 Å². The SMILES string of the molecule is O=C(CCN1CCO[C@H](c2ccccc2)C1)Nc1c(Cl)cccc1Cl. The van der Waals surface area contributed by atoms with Gasteiger partial charge in [-0.3, -0.25) is 9.69 Å². The summed E-state index contributed by atoms with van der Waals surface area (Å²) < 4.78 is 5.85. The Kier molecular flexibility index (Phi) is 6.32. The van der Waals surface area contributed by atoms with Crippen LogP contribution in [0.5, 0.6) is 0 Å². The Morgan fingerprint density at radius 1 is 1.12 bits per heavy atom. The monoisotopic (exact) mass is 378 g/mol. The van der Waals surface area contributed by atoms with Crippen LogP contribution in [-0.4, -0.2) is 37.0 Å². The second kappa shape index (κ2) is 8.68. The Hall–Kier alpha value is -1.59. The van der Waals surface area contributed by atoms with Crippen LogP contribution in [-0.2, 0) is 9.53 Å². The van der Waals surface area contributed by atoms with E-state index in [0.717, 1.165) is 13.1 Å². The van der Waals surface area contributed by atoms with Crippen molar-refractivity contribution in [2.75, 3.05) is 31.6 Å². The lowest BCUT2D eigenvalue weighted by molar-refractivity contribution is -0.117. The molecule has 1 aliphatic rings. The first-order valence-electron chi connectivity index (χ1n) is 8.26. The summed E-state index contributed by atoms with van der Waals surface area (Å²) in [6.45, 7) is 2.94. The van der Waals surface area contributed by atoms with Crippen molar-refractivity contribution in [1.82, 2.24) is 4.90 Å². The summed E-state index contributed by atoms with van der Waals surface area (Å²) in [6, 6.07) is 15.3.